The zero-order valence-electron chi connectivity index (χ0n) is 15.2. The number of nitrogens with one attached hydrogen (secondary N) is 2. The predicted octanol–water partition coefficient (Wildman–Crippen LogP) is 1.38. The summed E-state index contributed by atoms with van der Waals surface area (Å²) in [5.74, 6) is -0.0978. The van der Waals surface area contributed by atoms with E-state index < -0.39 is 0 Å². The number of hydrazone groups is 1. The fourth-order valence-electron chi connectivity index (χ4n) is 3.38. The number of benzene rings is 2. The average Bonchev–Trinajstić information content (AvgIpc) is 2.69. The minimum absolute atomic E-state index is 0.0978. The van der Waals surface area contributed by atoms with Crippen LogP contribution in [-0.4, -0.2) is 37.9 Å². The number of ether oxygens (including phenoxy) is 1. The summed E-state index contributed by atoms with van der Waals surface area (Å²) in [6, 6.07) is 20.2. The second kappa shape index (κ2) is 9.27. The monoisotopic (exact) mass is 352 g/mol. The Bertz CT molecular complexity index is 725. The molecule has 0 saturated carbocycles. The van der Waals surface area contributed by atoms with E-state index in [4.69, 9.17) is 4.74 Å². The molecule has 1 atom stereocenters. The van der Waals surface area contributed by atoms with Gasteiger partial charge < -0.3 is 9.64 Å². The maximum atomic E-state index is 12.2. The molecule has 0 bridgehead atoms. The molecule has 26 heavy (non-hydrogen) atoms. The predicted molar refractivity (Wildman–Crippen MR) is 102 cm³/mol. The Labute approximate surface area is 154 Å². The lowest BCUT2D eigenvalue weighted by Crippen LogP contribution is -3.15. The van der Waals surface area contributed by atoms with Gasteiger partial charge >= 0.3 is 0 Å². The zero-order valence-corrected chi connectivity index (χ0v) is 15.2. The van der Waals surface area contributed by atoms with Crippen LogP contribution in [-0.2, 0) is 16.0 Å². The molecule has 2 N–H and O–H groups in total. The summed E-state index contributed by atoms with van der Waals surface area (Å²) in [4.78, 5) is 13.6. The van der Waals surface area contributed by atoms with Crippen molar-refractivity contribution in [3.05, 3.63) is 71.8 Å². The molecule has 3 rings (SSSR count). The molecule has 0 aliphatic carbocycles. The largest absolute Gasteiger partial charge is 0.370 e. The van der Waals surface area contributed by atoms with Crippen LogP contribution in [0.5, 0.6) is 0 Å². The third-order valence-corrected chi connectivity index (χ3v) is 4.66. The smallest absolute Gasteiger partial charge is 0.244 e. The number of carbonyl (C=O) groups excluding carboxylic acids is 1. The highest BCUT2D eigenvalue weighted by Crippen LogP contribution is 2.12. The normalized spacial score (nSPS) is 16.9. The molecule has 2 aromatic carbocycles. The Kier molecular flexibility index (Phi) is 6.52. The van der Waals surface area contributed by atoms with Crippen LogP contribution < -0.4 is 10.3 Å². The lowest BCUT2D eigenvalue weighted by molar-refractivity contribution is -0.928. The maximum absolute atomic E-state index is 12.2. The molecule has 0 spiro atoms. The van der Waals surface area contributed by atoms with Crippen LogP contribution in [0.4, 0.5) is 0 Å². The maximum Gasteiger partial charge on any atom is 0.244 e. The highest BCUT2D eigenvalue weighted by atomic mass is 16.5. The van der Waals surface area contributed by atoms with Crippen molar-refractivity contribution in [2.24, 2.45) is 5.10 Å². The van der Waals surface area contributed by atoms with Gasteiger partial charge in [-0.05, 0) is 12.5 Å². The van der Waals surface area contributed by atoms with Crippen LogP contribution in [0.25, 0.3) is 0 Å². The fourth-order valence-corrected chi connectivity index (χ4v) is 3.38. The number of carbonyl (C=O) groups is 1. The minimum Gasteiger partial charge on any atom is -0.370 e. The first-order chi connectivity index (χ1) is 12.7. The van der Waals surface area contributed by atoms with Gasteiger partial charge in [-0.3, -0.25) is 4.79 Å². The number of quaternary nitrogens is 1. The van der Waals surface area contributed by atoms with Gasteiger partial charge in [0.1, 0.15) is 13.1 Å². The SMILES string of the molecule is C/C(=N/NC(=O)Cc1ccccc1)[C@H](c1ccccc1)[NH+]1CCOCC1. The van der Waals surface area contributed by atoms with Gasteiger partial charge in [-0.15, -0.1) is 0 Å². The second-order valence-corrected chi connectivity index (χ2v) is 6.56. The topological polar surface area (TPSA) is 55.1 Å². The summed E-state index contributed by atoms with van der Waals surface area (Å²) in [6.45, 7) is 5.37. The molecule has 1 fully saturated rings. The van der Waals surface area contributed by atoms with Gasteiger partial charge in [0, 0.05) is 5.56 Å². The average molecular weight is 352 g/mol. The Morgan fingerprint density at radius 2 is 1.69 bits per heavy atom. The van der Waals surface area contributed by atoms with Crippen LogP contribution >= 0.6 is 0 Å². The van der Waals surface area contributed by atoms with Crippen LogP contribution in [0.1, 0.15) is 24.1 Å². The minimum atomic E-state index is -0.0978. The quantitative estimate of drug-likeness (QED) is 0.610. The standard InChI is InChI=1S/C21H25N3O2/c1-17(22-23-20(25)16-18-8-4-2-5-9-18)21(19-10-6-3-7-11-19)24-12-14-26-15-13-24/h2-11,21H,12-16H2,1H3,(H,23,25)/p+1/b22-17-/t21-/m1/s1. The molecule has 1 aliphatic rings. The summed E-state index contributed by atoms with van der Waals surface area (Å²) in [6.07, 6.45) is 0.331. The molecule has 136 valence electrons. The van der Waals surface area contributed by atoms with Crippen LogP contribution in [0.3, 0.4) is 0 Å². The lowest BCUT2D eigenvalue weighted by Gasteiger charge is -2.31. The highest BCUT2D eigenvalue weighted by Gasteiger charge is 2.29. The van der Waals surface area contributed by atoms with Gasteiger partial charge in [0.05, 0.1) is 25.3 Å². The third kappa shape index (κ3) is 5.00. The summed E-state index contributed by atoms with van der Waals surface area (Å²) in [7, 11) is 0. The molecule has 5 heteroatoms. The Hall–Kier alpha value is -2.50. The first kappa shape index (κ1) is 18.3. The van der Waals surface area contributed by atoms with Gasteiger partial charge in [-0.25, -0.2) is 5.43 Å². The first-order valence-electron chi connectivity index (χ1n) is 9.08. The second-order valence-electron chi connectivity index (χ2n) is 6.56. The van der Waals surface area contributed by atoms with Gasteiger partial charge in [0.25, 0.3) is 0 Å². The summed E-state index contributed by atoms with van der Waals surface area (Å²) < 4.78 is 5.50. The Morgan fingerprint density at radius 1 is 1.08 bits per heavy atom. The number of hydrogen-bond acceptors (Lipinski definition) is 3. The van der Waals surface area contributed by atoms with Gasteiger partial charge in [-0.1, -0.05) is 60.7 Å². The van der Waals surface area contributed by atoms with E-state index >= 15 is 0 Å². The van der Waals surface area contributed by atoms with Crippen molar-refractivity contribution < 1.29 is 14.4 Å². The van der Waals surface area contributed by atoms with Crippen molar-refractivity contribution in [1.29, 1.82) is 0 Å². The first-order valence-corrected chi connectivity index (χ1v) is 9.08. The molecule has 0 radical (unpaired) electrons. The highest BCUT2D eigenvalue weighted by molar-refractivity contribution is 5.89. The van der Waals surface area contributed by atoms with E-state index in [1.807, 2.05) is 55.5 Å². The molecule has 5 nitrogen and oxygen atoms in total. The molecule has 1 heterocycles. The van der Waals surface area contributed by atoms with Gasteiger partial charge in [0.2, 0.25) is 5.91 Å². The molecular weight excluding hydrogens is 326 g/mol. The Balaban J connectivity index is 1.70. The van der Waals surface area contributed by atoms with E-state index in [-0.39, 0.29) is 11.9 Å². The van der Waals surface area contributed by atoms with Crippen LogP contribution in [0.15, 0.2) is 65.8 Å². The van der Waals surface area contributed by atoms with Crippen molar-refractivity contribution in [2.45, 2.75) is 19.4 Å². The van der Waals surface area contributed by atoms with Crippen LogP contribution in [0.2, 0.25) is 0 Å². The summed E-state index contributed by atoms with van der Waals surface area (Å²) >= 11 is 0. The number of nitrogens with zero attached hydrogens (tertiary/aromatic N) is 1. The third-order valence-electron chi connectivity index (χ3n) is 4.66. The molecule has 2 aromatic rings. The van der Waals surface area contributed by atoms with E-state index in [1.165, 1.54) is 10.5 Å². The summed E-state index contributed by atoms with van der Waals surface area (Å²) in [5, 5.41) is 4.43. The summed E-state index contributed by atoms with van der Waals surface area (Å²) in [5.41, 5.74) is 5.83. The fraction of sp³-hybridized carbons (Fsp3) is 0.333. The van der Waals surface area contributed by atoms with Crippen LogP contribution in [0, 0.1) is 0 Å². The van der Waals surface area contributed by atoms with Gasteiger partial charge in [0.15, 0.2) is 6.04 Å². The van der Waals surface area contributed by atoms with E-state index in [0.29, 0.717) is 6.42 Å². The van der Waals surface area contributed by atoms with Crippen molar-refractivity contribution in [1.82, 2.24) is 5.43 Å². The molecule has 1 saturated heterocycles. The lowest BCUT2D eigenvalue weighted by atomic mass is 10.0. The van der Waals surface area contributed by atoms with E-state index in [9.17, 15) is 4.79 Å². The molecule has 1 amide bonds. The van der Waals surface area contributed by atoms with Crippen molar-refractivity contribution >= 4 is 11.6 Å². The Morgan fingerprint density at radius 3 is 2.35 bits per heavy atom. The van der Waals surface area contributed by atoms with E-state index in [0.717, 1.165) is 37.6 Å². The van der Waals surface area contributed by atoms with Crippen molar-refractivity contribution in [2.75, 3.05) is 26.3 Å². The van der Waals surface area contributed by atoms with Crippen molar-refractivity contribution in [3.8, 4) is 0 Å². The van der Waals surface area contributed by atoms with Gasteiger partial charge in [-0.2, -0.15) is 5.10 Å². The number of amides is 1. The number of morpholine rings is 1. The molecular formula is C21H26N3O2+. The number of hydrogen-bond donors (Lipinski definition) is 2. The zero-order chi connectivity index (χ0) is 18.2. The number of rotatable bonds is 6. The van der Waals surface area contributed by atoms with Crippen molar-refractivity contribution in [3.63, 3.8) is 0 Å². The molecule has 0 unspecified atom stereocenters. The van der Waals surface area contributed by atoms with E-state index in [2.05, 4.69) is 22.7 Å². The van der Waals surface area contributed by atoms with E-state index in [1.54, 1.807) is 0 Å². The molecule has 0 aromatic heterocycles. The molecule has 1 aliphatic heterocycles.